The van der Waals surface area contributed by atoms with Crippen LogP contribution in [0.1, 0.15) is 0 Å². The van der Waals surface area contributed by atoms with Gasteiger partial charge in [-0.3, -0.25) is 0 Å². The van der Waals surface area contributed by atoms with Crippen LogP contribution in [0.15, 0.2) is 84.9 Å². The summed E-state index contributed by atoms with van der Waals surface area (Å²) in [5, 5.41) is 9.92. The van der Waals surface area contributed by atoms with Crippen LogP contribution >= 0.6 is 0 Å². The van der Waals surface area contributed by atoms with Crippen LogP contribution in [-0.2, 0) is 0 Å². The lowest BCUT2D eigenvalue weighted by molar-refractivity contribution is 1.61. The van der Waals surface area contributed by atoms with E-state index in [1.807, 2.05) is 6.07 Å². The third kappa shape index (κ3) is 3.82. The Bertz CT molecular complexity index is 1820. The van der Waals surface area contributed by atoms with Gasteiger partial charge < -0.3 is 11.5 Å². The molecule has 0 aliphatic heterocycles. The van der Waals surface area contributed by atoms with E-state index in [1.165, 1.54) is 48.6 Å². The van der Waals surface area contributed by atoms with Gasteiger partial charge in [-0.2, -0.15) is 0 Å². The van der Waals surface area contributed by atoms with E-state index in [2.05, 4.69) is 118 Å². The van der Waals surface area contributed by atoms with Gasteiger partial charge in [-0.15, -0.1) is 0 Å². The van der Waals surface area contributed by atoms with E-state index in [0.717, 1.165) is 27.7 Å². The Morgan fingerprint density at radius 1 is 0.447 bits per heavy atom. The maximum Gasteiger partial charge on any atom is 0.0775 e. The maximum atomic E-state index is 7.14. The van der Waals surface area contributed by atoms with Crippen molar-refractivity contribution in [2.45, 2.75) is 39.3 Å². The molecule has 0 aromatic heterocycles. The van der Waals surface area contributed by atoms with Crippen LogP contribution in [0.5, 0.6) is 0 Å². The summed E-state index contributed by atoms with van der Waals surface area (Å²) < 4.78 is 0. The molecule has 190 valence electrons. The molecule has 0 aliphatic carbocycles. The molecule has 0 fully saturated rings. The Labute approximate surface area is 227 Å². The molecule has 0 radical (unpaired) electrons. The fraction of sp³-hybridized carbons (Fsp3) is 0.176. The first-order valence-corrected chi connectivity index (χ1v) is 20.5. The maximum absolute atomic E-state index is 7.14. The SMILES string of the molecule is C[Si](C)(C)c1ccc(-c2c(N)c3ccc4ccc(N)c5ccc(c2-c2ccc([Si](C)(C)C)cc2)c3c45)cc1. The van der Waals surface area contributed by atoms with Gasteiger partial charge in [0.05, 0.1) is 16.1 Å². The average molecular weight is 529 g/mol. The Hall–Kier alpha value is -3.61. The monoisotopic (exact) mass is 528 g/mol. The minimum atomic E-state index is -1.42. The molecule has 0 spiro atoms. The van der Waals surface area contributed by atoms with Crippen LogP contribution < -0.4 is 21.8 Å². The van der Waals surface area contributed by atoms with Crippen molar-refractivity contribution in [2.24, 2.45) is 0 Å². The summed E-state index contributed by atoms with van der Waals surface area (Å²) in [5.41, 5.74) is 19.9. The quantitative estimate of drug-likeness (QED) is 0.138. The number of hydrogen-bond donors (Lipinski definition) is 2. The summed E-state index contributed by atoms with van der Waals surface area (Å²) in [7, 11) is -2.83. The second-order valence-electron chi connectivity index (χ2n) is 12.7. The van der Waals surface area contributed by atoms with Gasteiger partial charge in [0.1, 0.15) is 0 Å². The topological polar surface area (TPSA) is 52.0 Å². The number of nitrogen functional groups attached to an aromatic ring is 2. The predicted molar refractivity (Wildman–Crippen MR) is 176 cm³/mol. The minimum Gasteiger partial charge on any atom is -0.398 e. The summed E-state index contributed by atoms with van der Waals surface area (Å²) in [6.45, 7) is 14.4. The molecule has 6 aromatic rings. The standard InChI is InChI=1S/C34H36N2Si2/c1-37(2,3)24-13-7-21(8-14-24)31-27-19-18-26-29(35)20-12-22-11-17-28(33(27)30(22)26)34(36)32(31)23-9-15-25(16-10-23)38(4,5)6/h7-20H,35-36H2,1-6H3. The minimum absolute atomic E-state index is 0.803. The smallest absolute Gasteiger partial charge is 0.0775 e. The summed E-state index contributed by atoms with van der Waals surface area (Å²) in [6.07, 6.45) is 0. The summed E-state index contributed by atoms with van der Waals surface area (Å²) in [5.74, 6) is 0. The highest BCUT2D eigenvalue weighted by Crippen LogP contribution is 2.49. The van der Waals surface area contributed by atoms with Crippen LogP contribution in [0.3, 0.4) is 0 Å². The largest absolute Gasteiger partial charge is 0.398 e. The molecule has 6 aromatic carbocycles. The zero-order valence-electron chi connectivity index (χ0n) is 23.2. The second-order valence-corrected chi connectivity index (χ2v) is 22.9. The number of anilines is 2. The fourth-order valence-electron chi connectivity index (χ4n) is 5.88. The highest BCUT2D eigenvalue weighted by Gasteiger charge is 2.23. The van der Waals surface area contributed by atoms with Crippen molar-refractivity contribution < 1.29 is 0 Å². The first-order chi connectivity index (χ1) is 17.9. The number of benzene rings is 6. The molecular weight excluding hydrogens is 493 g/mol. The first-order valence-electron chi connectivity index (χ1n) is 13.5. The van der Waals surface area contributed by atoms with Gasteiger partial charge in [-0.05, 0) is 38.9 Å². The van der Waals surface area contributed by atoms with Crippen LogP contribution in [0.2, 0.25) is 39.3 Å². The molecule has 4 N–H and O–H groups in total. The van der Waals surface area contributed by atoms with Gasteiger partial charge >= 0.3 is 0 Å². The molecule has 4 heteroatoms. The molecule has 0 saturated carbocycles. The zero-order valence-corrected chi connectivity index (χ0v) is 25.2. The highest BCUT2D eigenvalue weighted by molar-refractivity contribution is 6.89. The summed E-state index contributed by atoms with van der Waals surface area (Å²) in [4.78, 5) is 0. The van der Waals surface area contributed by atoms with Gasteiger partial charge in [-0.25, -0.2) is 0 Å². The van der Waals surface area contributed by atoms with Gasteiger partial charge in [0.25, 0.3) is 0 Å². The Balaban J connectivity index is 1.74. The molecule has 38 heavy (non-hydrogen) atoms. The van der Waals surface area contributed by atoms with Crippen molar-refractivity contribution in [1.82, 2.24) is 0 Å². The van der Waals surface area contributed by atoms with E-state index in [0.29, 0.717) is 0 Å². The van der Waals surface area contributed by atoms with E-state index in [1.54, 1.807) is 0 Å². The van der Waals surface area contributed by atoms with Gasteiger partial charge in [-0.1, -0.05) is 129 Å². The van der Waals surface area contributed by atoms with Crippen molar-refractivity contribution in [3.05, 3.63) is 84.9 Å². The molecule has 0 aliphatic rings. The molecule has 0 heterocycles. The molecule has 0 atom stereocenters. The lowest BCUT2D eigenvalue weighted by Gasteiger charge is -2.23. The van der Waals surface area contributed by atoms with Gasteiger partial charge in [0, 0.05) is 33.1 Å². The Morgan fingerprint density at radius 2 is 0.921 bits per heavy atom. The van der Waals surface area contributed by atoms with E-state index in [-0.39, 0.29) is 0 Å². The third-order valence-corrected chi connectivity index (χ3v) is 12.2. The van der Waals surface area contributed by atoms with E-state index < -0.39 is 16.1 Å². The van der Waals surface area contributed by atoms with E-state index in [9.17, 15) is 0 Å². The Morgan fingerprint density at radius 3 is 1.47 bits per heavy atom. The van der Waals surface area contributed by atoms with Crippen molar-refractivity contribution in [3.63, 3.8) is 0 Å². The van der Waals surface area contributed by atoms with Crippen LogP contribution in [0.4, 0.5) is 11.4 Å². The molecule has 2 nitrogen and oxygen atoms in total. The molecular formula is C34H36N2Si2. The molecule has 0 saturated heterocycles. The van der Waals surface area contributed by atoms with Gasteiger partial charge in [0.2, 0.25) is 0 Å². The van der Waals surface area contributed by atoms with Gasteiger partial charge in [0.15, 0.2) is 0 Å². The number of rotatable bonds is 4. The summed E-state index contributed by atoms with van der Waals surface area (Å²) >= 11 is 0. The predicted octanol–water partition coefficient (Wildman–Crippen LogP) is 8.17. The third-order valence-electron chi connectivity index (χ3n) is 8.10. The van der Waals surface area contributed by atoms with E-state index >= 15 is 0 Å². The fourth-order valence-corrected chi connectivity index (χ4v) is 8.21. The van der Waals surface area contributed by atoms with E-state index in [4.69, 9.17) is 11.5 Å². The average Bonchev–Trinajstić information content (AvgIpc) is 2.88. The van der Waals surface area contributed by atoms with Crippen LogP contribution in [0.25, 0.3) is 54.6 Å². The molecule has 0 unspecified atom stereocenters. The van der Waals surface area contributed by atoms with Crippen molar-refractivity contribution in [1.29, 1.82) is 0 Å². The second kappa shape index (κ2) is 8.45. The lowest BCUT2D eigenvalue weighted by atomic mass is 9.83. The van der Waals surface area contributed by atoms with Crippen molar-refractivity contribution >= 4 is 70.2 Å². The molecule has 0 amide bonds. The lowest BCUT2D eigenvalue weighted by Crippen LogP contribution is -2.37. The first kappa shape index (κ1) is 24.7. The molecule has 6 rings (SSSR count). The Kier molecular flexibility index (Phi) is 5.50. The van der Waals surface area contributed by atoms with Crippen LogP contribution in [-0.4, -0.2) is 16.1 Å². The van der Waals surface area contributed by atoms with Crippen LogP contribution in [0, 0.1) is 0 Å². The summed E-state index contributed by atoms with van der Waals surface area (Å²) in [6, 6.07) is 31.4. The number of hydrogen-bond acceptors (Lipinski definition) is 2. The van der Waals surface area contributed by atoms with Crippen molar-refractivity contribution in [2.75, 3.05) is 11.5 Å². The molecule has 0 bridgehead atoms. The highest BCUT2D eigenvalue weighted by atomic mass is 28.3. The van der Waals surface area contributed by atoms with Crippen molar-refractivity contribution in [3.8, 4) is 22.3 Å². The normalized spacial score (nSPS) is 12.7. The number of nitrogens with two attached hydrogens (primary N) is 2. The zero-order chi connectivity index (χ0) is 27.0.